The summed E-state index contributed by atoms with van der Waals surface area (Å²) in [7, 11) is 1.34. The Kier molecular flexibility index (Phi) is 7.41. The zero-order valence-electron chi connectivity index (χ0n) is 12.5. The molecule has 4 amide bonds. The van der Waals surface area contributed by atoms with Crippen molar-refractivity contribution in [2.24, 2.45) is 11.3 Å². The van der Waals surface area contributed by atoms with Gasteiger partial charge in [0.25, 0.3) is 0 Å². The average Bonchev–Trinajstić information content (AvgIpc) is 2.38. The van der Waals surface area contributed by atoms with E-state index in [1.807, 2.05) is 19.1 Å². The minimum atomic E-state index is -1.34. The van der Waals surface area contributed by atoms with Crippen molar-refractivity contribution in [1.29, 1.82) is 0 Å². The molecule has 2 unspecified atom stereocenters. The van der Waals surface area contributed by atoms with Gasteiger partial charge in [0.05, 0.1) is 5.41 Å². The van der Waals surface area contributed by atoms with E-state index in [1.54, 1.807) is 6.92 Å². The summed E-state index contributed by atoms with van der Waals surface area (Å²) in [6.07, 6.45) is 6.21. The van der Waals surface area contributed by atoms with Crippen molar-refractivity contribution >= 4 is 17.8 Å². The van der Waals surface area contributed by atoms with E-state index in [0.717, 1.165) is 11.3 Å². The standard InChI is InChI=1S/C14H20N2O3.Na/c1-5-7-8-10(3)14(9-6-2)11(17)15-13(19)16(4)12(14)18;/h6-8,10H,2,5,9H2,1,3-4H3,(H,15,17,19);/q;+1/p-1/b8-7+;. The van der Waals surface area contributed by atoms with Crippen LogP contribution in [0.15, 0.2) is 24.8 Å². The Morgan fingerprint density at radius 3 is 2.50 bits per heavy atom. The molecule has 0 aliphatic carbocycles. The van der Waals surface area contributed by atoms with Crippen LogP contribution >= 0.6 is 0 Å². The second-order valence-electron chi connectivity index (χ2n) is 4.65. The van der Waals surface area contributed by atoms with E-state index in [1.165, 1.54) is 13.1 Å². The molecule has 0 N–H and O–H groups in total. The predicted octanol–water partition coefficient (Wildman–Crippen LogP) is -0.352. The molecule has 0 bridgehead atoms. The number of carbonyl (C=O) groups is 3. The first-order valence-electron chi connectivity index (χ1n) is 6.27. The van der Waals surface area contributed by atoms with Crippen molar-refractivity contribution in [3.63, 3.8) is 0 Å². The van der Waals surface area contributed by atoms with Crippen LogP contribution in [-0.2, 0) is 9.59 Å². The maximum atomic E-state index is 12.4. The van der Waals surface area contributed by atoms with Gasteiger partial charge in [-0.1, -0.05) is 39.1 Å². The molecular formula is C14H19N2NaO3. The van der Waals surface area contributed by atoms with Crippen LogP contribution in [0, 0.1) is 11.3 Å². The van der Waals surface area contributed by atoms with Crippen LogP contribution in [0.2, 0.25) is 0 Å². The van der Waals surface area contributed by atoms with Crippen LogP contribution < -0.4 is 29.6 Å². The van der Waals surface area contributed by atoms with Gasteiger partial charge >= 0.3 is 29.6 Å². The summed E-state index contributed by atoms with van der Waals surface area (Å²) in [5.74, 6) is -1.52. The minimum absolute atomic E-state index is 0. The quantitative estimate of drug-likeness (QED) is 0.394. The first kappa shape index (κ1) is 19.1. The third kappa shape index (κ3) is 3.22. The zero-order valence-corrected chi connectivity index (χ0v) is 14.5. The van der Waals surface area contributed by atoms with Gasteiger partial charge in [-0.3, -0.25) is 14.4 Å². The molecular weight excluding hydrogens is 267 g/mol. The van der Waals surface area contributed by atoms with E-state index < -0.39 is 23.3 Å². The molecule has 0 spiro atoms. The van der Waals surface area contributed by atoms with Gasteiger partial charge in [0.1, 0.15) is 0 Å². The molecule has 0 radical (unpaired) electrons. The van der Waals surface area contributed by atoms with Crippen LogP contribution in [0.4, 0.5) is 4.79 Å². The molecule has 0 aromatic carbocycles. The van der Waals surface area contributed by atoms with Gasteiger partial charge in [0.15, 0.2) is 17.8 Å². The predicted molar refractivity (Wildman–Crippen MR) is 72.4 cm³/mol. The van der Waals surface area contributed by atoms with Gasteiger partial charge < -0.3 is 10.2 Å². The van der Waals surface area contributed by atoms with Crippen LogP contribution in [0.25, 0.3) is 5.32 Å². The molecule has 0 aromatic rings. The largest absolute Gasteiger partial charge is 1.00 e. The molecule has 1 aliphatic heterocycles. The summed E-state index contributed by atoms with van der Waals surface area (Å²) >= 11 is 0. The summed E-state index contributed by atoms with van der Waals surface area (Å²) in [6, 6.07) is -0.804. The van der Waals surface area contributed by atoms with Crippen LogP contribution in [-0.4, -0.2) is 29.8 Å². The van der Waals surface area contributed by atoms with Gasteiger partial charge in [0.2, 0.25) is 0 Å². The molecule has 1 rings (SSSR count). The van der Waals surface area contributed by atoms with Gasteiger partial charge in [0, 0.05) is 0 Å². The van der Waals surface area contributed by atoms with Crippen LogP contribution in [0.5, 0.6) is 0 Å². The molecule has 1 fully saturated rings. The molecule has 104 valence electrons. The average molecular weight is 286 g/mol. The Labute approximate surface area is 141 Å². The maximum absolute atomic E-state index is 12.4. The normalized spacial score (nSPS) is 24.4. The molecule has 1 saturated heterocycles. The molecule has 5 nitrogen and oxygen atoms in total. The second kappa shape index (κ2) is 7.76. The fraction of sp³-hybridized carbons (Fsp3) is 0.500. The van der Waals surface area contributed by atoms with Crippen molar-refractivity contribution in [2.75, 3.05) is 7.05 Å². The summed E-state index contributed by atoms with van der Waals surface area (Å²) < 4.78 is 0. The van der Waals surface area contributed by atoms with Crippen molar-refractivity contribution < 1.29 is 43.9 Å². The summed E-state index contributed by atoms with van der Waals surface area (Å²) in [6.45, 7) is 7.35. The second-order valence-corrected chi connectivity index (χ2v) is 4.65. The first-order chi connectivity index (χ1) is 8.91. The third-order valence-corrected chi connectivity index (χ3v) is 3.46. The maximum Gasteiger partial charge on any atom is 1.00 e. The number of allylic oxidation sites excluding steroid dienone is 3. The zero-order chi connectivity index (χ0) is 14.6. The molecule has 0 aromatic heterocycles. The Hall–Kier alpha value is -0.910. The van der Waals surface area contributed by atoms with E-state index in [-0.39, 0.29) is 41.9 Å². The number of imide groups is 2. The van der Waals surface area contributed by atoms with Crippen molar-refractivity contribution in [3.05, 3.63) is 30.1 Å². The minimum Gasteiger partial charge on any atom is -0.384 e. The molecule has 6 heteroatoms. The van der Waals surface area contributed by atoms with Gasteiger partial charge in [-0.25, -0.2) is 0 Å². The van der Waals surface area contributed by atoms with E-state index in [9.17, 15) is 14.4 Å². The number of rotatable bonds is 5. The molecule has 1 aliphatic rings. The number of urea groups is 1. The Morgan fingerprint density at radius 2 is 2.00 bits per heavy atom. The van der Waals surface area contributed by atoms with Gasteiger partial charge in [-0.05, 0) is 18.8 Å². The van der Waals surface area contributed by atoms with Crippen LogP contribution in [0.1, 0.15) is 26.7 Å². The smallest absolute Gasteiger partial charge is 0.384 e. The summed E-state index contributed by atoms with van der Waals surface area (Å²) in [5, 5.41) is 3.46. The Balaban J connectivity index is 0.00000361. The van der Waals surface area contributed by atoms with Crippen LogP contribution in [0.3, 0.4) is 0 Å². The number of barbiturate groups is 1. The molecule has 20 heavy (non-hydrogen) atoms. The van der Waals surface area contributed by atoms with E-state index in [2.05, 4.69) is 11.9 Å². The third-order valence-electron chi connectivity index (χ3n) is 3.46. The van der Waals surface area contributed by atoms with Crippen molar-refractivity contribution in [3.8, 4) is 0 Å². The van der Waals surface area contributed by atoms with E-state index in [0.29, 0.717) is 0 Å². The topological polar surface area (TPSA) is 68.6 Å². The number of carbonyl (C=O) groups excluding carboxylic acids is 3. The Morgan fingerprint density at radius 1 is 1.40 bits per heavy atom. The summed E-state index contributed by atoms with van der Waals surface area (Å²) in [4.78, 5) is 36.9. The summed E-state index contributed by atoms with van der Waals surface area (Å²) in [5.41, 5.74) is -1.34. The number of nitrogens with zero attached hydrogens (tertiary/aromatic N) is 2. The monoisotopic (exact) mass is 286 g/mol. The first-order valence-corrected chi connectivity index (χ1v) is 6.27. The van der Waals surface area contributed by atoms with Gasteiger partial charge in [-0.15, -0.1) is 6.58 Å². The fourth-order valence-corrected chi connectivity index (χ4v) is 2.22. The van der Waals surface area contributed by atoms with E-state index >= 15 is 0 Å². The van der Waals surface area contributed by atoms with Crippen molar-refractivity contribution in [2.45, 2.75) is 26.7 Å². The molecule has 2 atom stereocenters. The van der Waals surface area contributed by atoms with E-state index in [4.69, 9.17) is 0 Å². The molecule has 1 heterocycles. The SMILES string of the molecule is C=CCC1(C(C)/C=C/CC)C(=O)[N-]C(=O)N(C)C1=O.[Na+]. The molecule has 0 saturated carbocycles. The number of amides is 4. The Bertz CT molecular complexity index is 448. The fourth-order valence-electron chi connectivity index (χ4n) is 2.22. The number of hydrogen-bond donors (Lipinski definition) is 0. The number of hydrogen-bond acceptors (Lipinski definition) is 3. The van der Waals surface area contributed by atoms with Crippen molar-refractivity contribution in [1.82, 2.24) is 4.90 Å². The van der Waals surface area contributed by atoms with Gasteiger partial charge in [-0.2, -0.15) is 0 Å².